The van der Waals surface area contributed by atoms with Crippen molar-refractivity contribution in [2.45, 2.75) is 6.92 Å². The molecule has 56 valence electrons. The van der Waals surface area contributed by atoms with Crippen LogP contribution in [0.1, 0.15) is 5.69 Å². The summed E-state index contributed by atoms with van der Waals surface area (Å²) in [5, 5.41) is 3.78. The molecule has 3 heteroatoms. The maximum atomic E-state index is 5.90. The average molecular weight is 184 g/mol. The van der Waals surface area contributed by atoms with Crippen LogP contribution in [0.15, 0.2) is 17.5 Å². The summed E-state index contributed by atoms with van der Waals surface area (Å²) in [4.78, 5) is 5.35. The summed E-state index contributed by atoms with van der Waals surface area (Å²) in [7, 11) is 0. The molecule has 1 nitrogen and oxygen atoms in total. The van der Waals surface area contributed by atoms with Gasteiger partial charge >= 0.3 is 0 Å². The number of thiophene rings is 1. The van der Waals surface area contributed by atoms with Crippen LogP contribution in [0.4, 0.5) is 0 Å². The third-order valence-electron chi connectivity index (χ3n) is 1.53. The van der Waals surface area contributed by atoms with E-state index < -0.39 is 0 Å². The molecule has 2 rings (SSSR count). The largest absolute Gasteiger partial charge is 0.242 e. The van der Waals surface area contributed by atoms with E-state index in [4.69, 9.17) is 11.6 Å². The van der Waals surface area contributed by atoms with Crippen molar-refractivity contribution in [3.05, 3.63) is 28.2 Å². The van der Waals surface area contributed by atoms with Gasteiger partial charge in [-0.05, 0) is 19.1 Å². The fraction of sp³-hybridized carbons (Fsp3) is 0.125. The van der Waals surface area contributed by atoms with Crippen LogP contribution in [0.5, 0.6) is 0 Å². The molecule has 0 saturated carbocycles. The number of rotatable bonds is 0. The van der Waals surface area contributed by atoms with Gasteiger partial charge in [0.2, 0.25) is 0 Å². The van der Waals surface area contributed by atoms with Crippen molar-refractivity contribution >= 4 is 33.2 Å². The molecule has 0 amide bonds. The molecule has 0 fully saturated rings. The SMILES string of the molecule is Cc1ccc2c(Cl)csc2n1. The Morgan fingerprint density at radius 3 is 3.09 bits per heavy atom. The van der Waals surface area contributed by atoms with Gasteiger partial charge in [-0.3, -0.25) is 0 Å². The van der Waals surface area contributed by atoms with E-state index in [1.165, 1.54) is 0 Å². The summed E-state index contributed by atoms with van der Waals surface area (Å²) in [6.45, 7) is 1.98. The number of hydrogen-bond acceptors (Lipinski definition) is 2. The molecule has 0 aliphatic rings. The van der Waals surface area contributed by atoms with Crippen LogP contribution < -0.4 is 0 Å². The van der Waals surface area contributed by atoms with Crippen molar-refractivity contribution in [3.8, 4) is 0 Å². The molecule has 11 heavy (non-hydrogen) atoms. The lowest BCUT2D eigenvalue weighted by atomic mass is 10.3. The third-order valence-corrected chi connectivity index (χ3v) is 2.86. The number of nitrogens with zero attached hydrogens (tertiary/aromatic N) is 1. The molecular formula is C8H6ClNS. The normalized spacial score (nSPS) is 10.7. The van der Waals surface area contributed by atoms with E-state index in [0.29, 0.717) is 0 Å². The van der Waals surface area contributed by atoms with Crippen molar-refractivity contribution < 1.29 is 0 Å². The Morgan fingerprint density at radius 2 is 2.27 bits per heavy atom. The van der Waals surface area contributed by atoms with Crippen molar-refractivity contribution in [1.29, 1.82) is 0 Å². The molecule has 0 N–H and O–H groups in total. The second-order valence-electron chi connectivity index (χ2n) is 2.39. The van der Waals surface area contributed by atoms with E-state index in [0.717, 1.165) is 20.9 Å². The Morgan fingerprint density at radius 1 is 1.45 bits per heavy atom. The van der Waals surface area contributed by atoms with Gasteiger partial charge in [-0.2, -0.15) is 0 Å². The molecule has 2 aromatic heterocycles. The van der Waals surface area contributed by atoms with Gasteiger partial charge < -0.3 is 0 Å². The summed E-state index contributed by atoms with van der Waals surface area (Å²) < 4.78 is 0. The first kappa shape index (κ1) is 7.07. The summed E-state index contributed by atoms with van der Waals surface area (Å²) in [5.41, 5.74) is 1.04. The molecule has 2 aromatic rings. The predicted molar refractivity (Wildman–Crippen MR) is 49.4 cm³/mol. The third kappa shape index (κ3) is 1.12. The van der Waals surface area contributed by atoms with Crippen LogP contribution >= 0.6 is 22.9 Å². The van der Waals surface area contributed by atoms with Crippen molar-refractivity contribution in [1.82, 2.24) is 4.98 Å². The average Bonchev–Trinajstić information content (AvgIpc) is 2.32. The Bertz CT molecular complexity index is 394. The number of pyridine rings is 1. The Balaban J connectivity index is 2.86. The Labute approximate surface area is 73.6 Å². The summed E-state index contributed by atoms with van der Waals surface area (Å²) in [6.07, 6.45) is 0. The molecule has 0 atom stereocenters. The first-order valence-electron chi connectivity index (χ1n) is 3.28. The highest BCUT2D eigenvalue weighted by atomic mass is 35.5. The van der Waals surface area contributed by atoms with Gasteiger partial charge in [-0.15, -0.1) is 11.3 Å². The van der Waals surface area contributed by atoms with Crippen LogP contribution in [0.2, 0.25) is 5.02 Å². The van der Waals surface area contributed by atoms with Crippen LogP contribution in [0, 0.1) is 6.92 Å². The van der Waals surface area contributed by atoms with Crippen LogP contribution in [0.3, 0.4) is 0 Å². The highest BCUT2D eigenvalue weighted by Gasteiger charge is 2.01. The molecular weight excluding hydrogens is 178 g/mol. The summed E-state index contributed by atoms with van der Waals surface area (Å²) in [6, 6.07) is 3.98. The van der Waals surface area contributed by atoms with Crippen molar-refractivity contribution in [3.63, 3.8) is 0 Å². The first-order chi connectivity index (χ1) is 5.27. The highest BCUT2D eigenvalue weighted by molar-refractivity contribution is 7.17. The van der Waals surface area contributed by atoms with Gasteiger partial charge in [-0.25, -0.2) is 4.98 Å². The molecule has 0 aromatic carbocycles. The van der Waals surface area contributed by atoms with Gasteiger partial charge in [0, 0.05) is 16.5 Å². The molecule has 0 radical (unpaired) electrons. The van der Waals surface area contributed by atoms with Crippen LogP contribution in [-0.4, -0.2) is 4.98 Å². The lowest BCUT2D eigenvalue weighted by Crippen LogP contribution is -1.76. The molecule has 0 aliphatic carbocycles. The minimum atomic E-state index is 0.803. The van der Waals surface area contributed by atoms with Crippen molar-refractivity contribution in [2.75, 3.05) is 0 Å². The van der Waals surface area contributed by atoms with Gasteiger partial charge in [0.25, 0.3) is 0 Å². The van der Waals surface area contributed by atoms with Crippen molar-refractivity contribution in [2.24, 2.45) is 0 Å². The summed E-state index contributed by atoms with van der Waals surface area (Å²) in [5.74, 6) is 0. The number of hydrogen-bond donors (Lipinski definition) is 0. The van der Waals surface area contributed by atoms with E-state index in [2.05, 4.69) is 4.98 Å². The lowest BCUT2D eigenvalue weighted by molar-refractivity contribution is 1.27. The van der Waals surface area contributed by atoms with E-state index in [-0.39, 0.29) is 0 Å². The number of aromatic nitrogens is 1. The maximum Gasteiger partial charge on any atom is 0.125 e. The minimum Gasteiger partial charge on any atom is -0.242 e. The highest BCUT2D eigenvalue weighted by Crippen LogP contribution is 2.27. The first-order valence-corrected chi connectivity index (χ1v) is 4.53. The number of fused-ring (bicyclic) bond motifs is 1. The van der Waals surface area contributed by atoms with Gasteiger partial charge in [0.1, 0.15) is 4.83 Å². The topological polar surface area (TPSA) is 12.9 Å². The molecule has 0 saturated heterocycles. The second-order valence-corrected chi connectivity index (χ2v) is 3.65. The molecule has 0 unspecified atom stereocenters. The zero-order valence-electron chi connectivity index (χ0n) is 5.97. The van der Waals surface area contributed by atoms with Gasteiger partial charge in [0.15, 0.2) is 0 Å². The summed E-state index contributed by atoms with van der Waals surface area (Å²) >= 11 is 7.48. The standard InChI is InChI=1S/C8H6ClNS/c1-5-2-3-6-7(9)4-11-8(6)10-5/h2-4H,1H3. The van der Waals surface area contributed by atoms with E-state index >= 15 is 0 Å². The molecule has 0 spiro atoms. The fourth-order valence-electron chi connectivity index (χ4n) is 0.976. The van der Waals surface area contributed by atoms with Gasteiger partial charge in [-0.1, -0.05) is 11.6 Å². The number of halogens is 1. The quantitative estimate of drug-likeness (QED) is 0.611. The van der Waals surface area contributed by atoms with E-state index in [1.807, 2.05) is 24.4 Å². The van der Waals surface area contributed by atoms with E-state index in [9.17, 15) is 0 Å². The zero-order valence-corrected chi connectivity index (χ0v) is 7.54. The smallest absolute Gasteiger partial charge is 0.125 e. The lowest BCUT2D eigenvalue weighted by Gasteiger charge is -1.90. The van der Waals surface area contributed by atoms with Crippen LogP contribution in [0.25, 0.3) is 10.2 Å². The Hall–Kier alpha value is -0.600. The van der Waals surface area contributed by atoms with Crippen LogP contribution in [-0.2, 0) is 0 Å². The minimum absolute atomic E-state index is 0.803. The molecule has 0 bridgehead atoms. The fourth-order valence-corrected chi connectivity index (χ4v) is 2.16. The zero-order chi connectivity index (χ0) is 7.84. The monoisotopic (exact) mass is 183 g/mol. The van der Waals surface area contributed by atoms with E-state index in [1.54, 1.807) is 11.3 Å². The molecule has 2 heterocycles. The molecule has 0 aliphatic heterocycles. The Kier molecular flexibility index (Phi) is 1.59. The predicted octanol–water partition coefficient (Wildman–Crippen LogP) is 3.26. The van der Waals surface area contributed by atoms with Gasteiger partial charge in [0.05, 0.1) is 5.02 Å². The second kappa shape index (κ2) is 2.47. The number of aryl methyl sites for hydroxylation is 1. The maximum absolute atomic E-state index is 5.90.